The van der Waals surface area contributed by atoms with Crippen molar-refractivity contribution >= 4 is 149 Å². The van der Waals surface area contributed by atoms with Gasteiger partial charge in [-0.05, 0) is 54.5 Å². The molecule has 742 valence electrons. The fraction of sp³-hybridized carbons (Fsp3) is 0.424. The number of rotatable bonds is 27. The number of hydrogen-bond donors (Lipinski definition) is 0. The highest BCUT2D eigenvalue weighted by atomic mass is 79.9. The minimum Gasteiger partial charge on any atom is -0.466 e. The van der Waals surface area contributed by atoms with Gasteiger partial charge in [-0.2, -0.15) is 23.5 Å². The van der Waals surface area contributed by atoms with Gasteiger partial charge in [0.15, 0.2) is 15.5 Å². The van der Waals surface area contributed by atoms with Crippen molar-refractivity contribution in [3.05, 3.63) is 263 Å². The number of esters is 7. The second kappa shape index (κ2) is 88.0. The minimum absolute atomic E-state index is 0.111. The topological polar surface area (TPSA) is 332 Å². The van der Waals surface area contributed by atoms with Crippen LogP contribution in [-0.2, 0) is 105 Å². The minimum atomic E-state index is -1.16. The summed E-state index contributed by atoms with van der Waals surface area (Å²) in [5.74, 6) is -1.44. The molecule has 0 N–H and O–H groups in total. The Balaban J connectivity index is -0.000000265. The average molecular weight is 2020 g/mol. The van der Waals surface area contributed by atoms with Crippen molar-refractivity contribution in [3.63, 3.8) is 0 Å². The van der Waals surface area contributed by atoms with Crippen LogP contribution in [0.2, 0.25) is 0 Å². The molecule has 0 radical (unpaired) electrons. The first-order valence-corrected chi connectivity index (χ1v) is 47.2. The first-order chi connectivity index (χ1) is 64.0. The lowest BCUT2D eigenvalue weighted by Crippen LogP contribution is -2.44. The molecular formula is C99H144BrCl3N6O22S2. The molecular weight excluding hydrogens is 1880 g/mol. The fourth-order valence-corrected chi connectivity index (χ4v) is 11.4. The maximum absolute atomic E-state index is 11.9. The van der Waals surface area contributed by atoms with Gasteiger partial charge < -0.3 is 71.7 Å². The average Bonchev–Trinajstić information content (AvgIpc) is 1.67. The number of ether oxygens (including phenoxy) is 9. The van der Waals surface area contributed by atoms with Crippen molar-refractivity contribution in [1.29, 1.82) is 0 Å². The molecule has 0 amide bonds. The molecule has 0 bridgehead atoms. The molecule has 0 saturated carbocycles. The number of oxime groups is 6. The van der Waals surface area contributed by atoms with Gasteiger partial charge in [-0.1, -0.05) is 381 Å². The first-order valence-electron chi connectivity index (χ1n) is 42.2. The quantitative estimate of drug-likeness (QED) is 0.0115. The highest BCUT2D eigenvalue weighted by Gasteiger charge is 2.50. The van der Waals surface area contributed by atoms with Crippen LogP contribution in [-0.4, -0.2) is 219 Å². The maximum Gasteiger partial charge on any atom is 0.356 e. The van der Waals surface area contributed by atoms with Gasteiger partial charge in [-0.25, -0.2) is 33.6 Å². The number of carbonyl (C=O) groups is 7. The first kappa shape index (κ1) is 135. The van der Waals surface area contributed by atoms with Crippen LogP contribution in [0.15, 0.2) is 255 Å². The molecule has 3 aliphatic rings. The third-order valence-electron chi connectivity index (χ3n) is 15.7. The summed E-state index contributed by atoms with van der Waals surface area (Å²) in [5.41, 5.74) is 7.62. The Morgan fingerprint density at radius 2 is 0.692 bits per heavy atom. The van der Waals surface area contributed by atoms with Gasteiger partial charge in [0.25, 0.3) is 5.60 Å². The smallest absolute Gasteiger partial charge is 0.356 e. The second-order valence-electron chi connectivity index (χ2n) is 24.2. The summed E-state index contributed by atoms with van der Waals surface area (Å²) in [7, 11) is 16.8. The van der Waals surface area contributed by atoms with Crippen LogP contribution in [0.25, 0.3) is 0 Å². The lowest BCUT2D eigenvalue weighted by atomic mass is 9.92. The molecule has 3 atom stereocenters. The molecule has 0 spiro atoms. The molecule has 0 aliphatic carbocycles. The van der Waals surface area contributed by atoms with E-state index in [1.807, 2.05) is 292 Å². The third-order valence-corrected chi connectivity index (χ3v) is 18.6. The van der Waals surface area contributed by atoms with Gasteiger partial charge in [0.1, 0.15) is 27.9 Å². The van der Waals surface area contributed by atoms with Gasteiger partial charge in [-0.3, -0.25) is 0 Å². The van der Waals surface area contributed by atoms with Crippen molar-refractivity contribution in [2.45, 2.75) is 153 Å². The SMILES string of the molecule is C=C(CBr)C(=O)OC.C=C(CC)C(=O)OC.C=C(COC)C(=O)OC.C=C(CSC)C(=O)OC.CC.CC.CC.CC.CC.CC.CCC1(C(=O)OC)CC(c2ccccc2)=NO1.CO/N=C(\Cl)c1ccccc1.CO/N=C(\Cl)c1ccccc1.CO/N=C(\Cl)c1ccccc1C.COC(=O)C1(CSC)CC(c2ccccc2)=NO1.COCC1(C(=O)OC)CC(c2ccccc2)=NO1. The summed E-state index contributed by atoms with van der Waals surface area (Å²) in [6, 6.07) is 55.6. The van der Waals surface area contributed by atoms with E-state index in [-0.39, 0.29) is 43.1 Å². The van der Waals surface area contributed by atoms with Crippen LogP contribution >= 0.6 is 74.3 Å². The van der Waals surface area contributed by atoms with Crippen LogP contribution in [0.5, 0.6) is 0 Å². The van der Waals surface area contributed by atoms with Crippen molar-refractivity contribution in [3.8, 4) is 0 Å². The van der Waals surface area contributed by atoms with E-state index in [4.69, 9.17) is 68.3 Å². The number of benzene rings is 6. The van der Waals surface area contributed by atoms with Gasteiger partial charge in [-0.15, -0.1) is 0 Å². The molecule has 9 rings (SSSR count). The van der Waals surface area contributed by atoms with Gasteiger partial charge in [0.2, 0.25) is 11.2 Å². The van der Waals surface area contributed by atoms with E-state index < -0.39 is 28.7 Å². The highest BCUT2D eigenvalue weighted by molar-refractivity contribution is 9.09. The Morgan fingerprint density at radius 3 is 0.992 bits per heavy atom. The van der Waals surface area contributed by atoms with E-state index >= 15 is 0 Å². The molecule has 0 aromatic heterocycles. The monoisotopic (exact) mass is 2020 g/mol. The molecule has 0 saturated heterocycles. The molecule has 28 nitrogen and oxygen atoms in total. The lowest BCUT2D eigenvalue weighted by molar-refractivity contribution is -0.172. The van der Waals surface area contributed by atoms with E-state index in [1.54, 1.807) is 11.8 Å². The van der Waals surface area contributed by atoms with Crippen LogP contribution < -0.4 is 0 Å². The number of hydrogen-bond acceptors (Lipinski definition) is 30. The Bertz CT molecular complexity index is 4140. The molecule has 3 heterocycles. The number of halogens is 4. The molecule has 0 fully saturated rings. The van der Waals surface area contributed by atoms with E-state index in [0.29, 0.717) is 86.7 Å². The molecule has 133 heavy (non-hydrogen) atoms. The zero-order chi connectivity index (χ0) is 103. The number of carbonyl (C=O) groups excluding carboxylic acids is 7. The summed E-state index contributed by atoms with van der Waals surface area (Å²) in [6.45, 7) is 43.9. The lowest BCUT2D eigenvalue weighted by Gasteiger charge is -2.22. The van der Waals surface area contributed by atoms with E-state index in [9.17, 15) is 33.6 Å². The number of thioether (sulfide) groups is 2. The van der Waals surface area contributed by atoms with Crippen molar-refractivity contribution in [1.82, 2.24) is 0 Å². The molecule has 3 unspecified atom stereocenters. The van der Waals surface area contributed by atoms with Crippen molar-refractivity contribution in [2.75, 3.05) is 128 Å². The molecule has 6 aromatic rings. The Kier molecular flexibility index (Phi) is 89.6. The van der Waals surface area contributed by atoms with E-state index in [1.165, 1.54) is 97.1 Å². The Labute approximate surface area is 823 Å². The number of aryl methyl sites for hydroxylation is 1. The van der Waals surface area contributed by atoms with Crippen LogP contribution in [0.3, 0.4) is 0 Å². The third kappa shape index (κ3) is 56.2. The molecule has 34 heteroatoms. The molecule has 3 aliphatic heterocycles. The highest BCUT2D eigenvalue weighted by Crippen LogP contribution is 2.33. The Hall–Kier alpha value is -10.6. The van der Waals surface area contributed by atoms with Crippen LogP contribution in [0.1, 0.15) is 168 Å². The van der Waals surface area contributed by atoms with Crippen LogP contribution in [0.4, 0.5) is 0 Å². The summed E-state index contributed by atoms with van der Waals surface area (Å²) in [4.78, 5) is 107. The van der Waals surface area contributed by atoms with Gasteiger partial charge >= 0.3 is 41.8 Å². The van der Waals surface area contributed by atoms with Crippen molar-refractivity contribution in [2.24, 2.45) is 30.9 Å². The van der Waals surface area contributed by atoms with Crippen LogP contribution in [0, 0.1) is 6.92 Å². The van der Waals surface area contributed by atoms with E-state index in [0.717, 1.165) is 56.1 Å². The number of alkyl halides is 1. The zero-order valence-corrected chi connectivity index (χ0v) is 88.6. The largest absolute Gasteiger partial charge is 0.466 e. The van der Waals surface area contributed by atoms with Gasteiger partial charge in [0, 0.05) is 83.7 Å². The summed E-state index contributed by atoms with van der Waals surface area (Å²) >= 11 is 23.4. The summed E-state index contributed by atoms with van der Waals surface area (Å²) < 4.78 is 41.5. The number of nitrogens with zero attached hydrogens (tertiary/aromatic N) is 6. The van der Waals surface area contributed by atoms with E-state index in [2.05, 4.69) is 111 Å². The molecule has 6 aromatic carbocycles. The number of methoxy groups -OCH3 is 9. The Morgan fingerprint density at radius 1 is 0.391 bits per heavy atom. The maximum atomic E-state index is 11.9. The standard InChI is InChI=1S/C13H15NO4.C13H15NO3S.C13H15NO3.C9H10ClNO.2C8H8ClNO.C6H10O3.C6H10O2S.C6H10O2.C5H7BrO2.6C2H6/c1-16-9-13(12(15)17-2)8-11(14-18-13)10-6-4-3-5-7-10;1-16-12(15)13(9-18-2)8-11(14-17-13)10-6-4-3-5-7-10;1-3-13(12(15)16-2)9-11(14-17-13)10-7-5-4-6-8-10;1-7-5-3-4-6-8(7)9(10)11-12-2;2*1-11-10-8(9)7-5-3-2-4-6-7;1-5(4-8-2)6(7)9-3;1-5(4-9-3)6(7)8-2;1-4-5(2)6(7)8-3;1-4(3-6)5(7)8-2;6*1-2/h2*3-7H,8-9H2,1-2H3;4-8H,3,9H2,1-2H3;3-6H,1-2H3;2*2-6H,1H3;2*1,4H2,2-3H3;2,4H2,1,3H3;1,3H2,2H3;6*1-2H3/b;;;11-9-;2*10-8-;;;;;;;;;;. The van der Waals surface area contributed by atoms with Crippen molar-refractivity contribution < 1.29 is 105 Å². The predicted octanol–water partition coefficient (Wildman–Crippen LogP) is 22.4. The zero-order valence-electron chi connectivity index (χ0n) is 83.1. The summed E-state index contributed by atoms with van der Waals surface area (Å²) in [5, 5.41) is 24.4. The normalized spacial score (nSPS) is 14.3. The second-order valence-corrected chi connectivity index (χ2v) is 27.5. The van der Waals surface area contributed by atoms with Gasteiger partial charge in [0.05, 0.1) is 79.1 Å². The fourth-order valence-electron chi connectivity index (χ4n) is 9.34. The summed E-state index contributed by atoms with van der Waals surface area (Å²) in [6.07, 6.45) is 6.29. The predicted molar refractivity (Wildman–Crippen MR) is 550 cm³/mol.